The zero-order chi connectivity index (χ0) is 13.5. The summed E-state index contributed by atoms with van der Waals surface area (Å²) < 4.78 is 5.58. The summed E-state index contributed by atoms with van der Waals surface area (Å²) in [5, 5.41) is 0. The third-order valence-corrected chi connectivity index (χ3v) is 2.86. The van der Waals surface area contributed by atoms with Crippen molar-refractivity contribution in [2.45, 2.75) is 39.0 Å². The van der Waals surface area contributed by atoms with Gasteiger partial charge in [0.25, 0.3) is 0 Å². The quantitative estimate of drug-likeness (QED) is 0.803. The molecule has 2 unspecified atom stereocenters. The van der Waals surface area contributed by atoms with Gasteiger partial charge in [-0.2, -0.15) is 0 Å². The number of aromatic nitrogens is 1. The van der Waals surface area contributed by atoms with Crippen LogP contribution in [-0.4, -0.2) is 42.2 Å². The fourth-order valence-electron chi connectivity index (χ4n) is 2.02. The van der Waals surface area contributed by atoms with Gasteiger partial charge in [0.15, 0.2) is 0 Å². The summed E-state index contributed by atoms with van der Waals surface area (Å²) in [6.45, 7) is 7.66. The van der Waals surface area contributed by atoms with E-state index in [-0.39, 0.29) is 18.2 Å². The maximum Gasteiger partial charge on any atom is 0.0669 e. The Morgan fingerprint density at radius 3 is 2.56 bits per heavy atom. The first-order valence-corrected chi connectivity index (χ1v) is 6.50. The summed E-state index contributed by atoms with van der Waals surface area (Å²) in [7, 11) is 2.06. The van der Waals surface area contributed by atoms with Crippen LogP contribution in [0.2, 0.25) is 0 Å². The van der Waals surface area contributed by atoms with Crippen LogP contribution in [0.5, 0.6) is 0 Å². The molecule has 1 aromatic rings. The average Bonchev–Trinajstić information content (AvgIpc) is 2.29. The lowest BCUT2D eigenvalue weighted by molar-refractivity contribution is 0.0530. The molecule has 0 aromatic carbocycles. The third-order valence-electron chi connectivity index (χ3n) is 2.86. The molecule has 18 heavy (non-hydrogen) atoms. The number of pyridine rings is 1. The van der Waals surface area contributed by atoms with E-state index in [0.717, 1.165) is 12.2 Å². The minimum atomic E-state index is 0.0314. The van der Waals surface area contributed by atoms with E-state index in [9.17, 15) is 0 Å². The lowest BCUT2D eigenvalue weighted by Crippen LogP contribution is -2.39. The summed E-state index contributed by atoms with van der Waals surface area (Å²) in [5.74, 6) is 0. The third kappa shape index (κ3) is 4.72. The van der Waals surface area contributed by atoms with Crippen LogP contribution < -0.4 is 5.73 Å². The van der Waals surface area contributed by atoms with Crippen LogP contribution in [0.1, 0.15) is 32.5 Å². The van der Waals surface area contributed by atoms with Crippen molar-refractivity contribution in [1.82, 2.24) is 9.88 Å². The zero-order valence-corrected chi connectivity index (χ0v) is 11.8. The summed E-state index contributed by atoms with van der Waals surface area (Å²) in [6, 6.07) is 6.10. The first kappa shape index (κ1) is 15.1. The Labute approximate surface area is 110 Å². The smallest absolute Gasteiger partial charge is 0.0669 e. The number of likely N-dealkylation sites (N-methyl/N-ethyl adjacent to an activating group) is 1. The number of nitrogens with two attached hydrogens (primary N) is 1. The van der Waals surface area contributed by atoms with Gasteiger partial charge in [0.05, 0.1) is 24.4 Å². The molecule has 0 radical (unpaired) electrons. The Balaban J connectivity index is 2.62. The van der Waals surface area contributed by atoms with Gasteiger partial charge in [0.2, 0.25) is 0 Å². The van der Waals surface area contributed by atoms with E-state index in [1.54, 1.807) is 0 Å². The standard InChI is InChI=1S/C14H25N3O/c1-11(2)18-10-9-17(4)14(12(3)15)13-7-5-6-8-16-13/h5-8,11-12,14H,9-10,15H2,1-4H3. The van der Waals surface area contributed by atoms with E-state index in [1.165, 1.54) is 0 Å². The second kappa shape index (κ2) is 7.46. The van der Waals surface area contributed by atoms with Gasteiger partial charge in [-0.3, -0.25) is 9.88 Å². The molecule has 0 aliphatic carbocycles. The summed E-state index contributed by atoms with van der Waals surface area (Å²) in [4.78, 5) is 6.61. The molecule has 4 nitrogen and oxygen atoms in total. The highest BCUT2D eigenvalue weighted by Crippen LogP contribution is 2.19. The Hall–Kier alpha value is -0.970. The summed E-state index contributed by atoms with van der Waals surface area (Å²) in [6.07, 6.45) is 2.07. The molecule has 2 atom stereocenters. The van der Waals surface area contributed by atoms with E-state index >= 15 is 0 Å². The van der Waals surface area contributed by atoms with Crippen molar-refractivity contribution in [3.05, 3.63) is 30.1 Å². The van der Waals surface area contributed by atoms with Crippen LogP contribution >= 0.6 is 0 Å². The highest BCUT2D eigenvalue weighted by atomic mass is 16.5. The predicted molar refractivity (Wildman–Crippen MR) is 74.3 cm³/mol. The van der Waals surface area contributed by atoms with Crippen LogP contribution in [-0.2, 0) is 4.74 Å². The summed E-state index contributed by atoms with van der Waals surface area (Å²) >= 11 is 0. The topological polar surface area (TPSA) is 51.4 Å². The van der Waals surface area contributed by atoms with Crippen molar-refractivity contribution < 1.29 is 4.74 Å². The van der Waals surface area contributed by atoms with E-state index in [1.807, 2.05) is 45.2 Å². The van der Waals surface area contributed by atoms with Crippen LogP contribution in [0.15, 0.2) is 24.4 Å². The van der Waals surface area contributed by atoms with Gasteiger partial charge < -0.3 is 10.5 Å². The molecule has 1 aromatic heterocycles. The molecule has 1 rings (SSSR count). The van der Waals surface area contributed by atoms with E-state index in [4.69, 9.17) is 10.5 Å². The number of hydrogen-bond acceptors (Lipinski definition) is 4. The van der Waals surface area contributed by atoms with Crippen molar-refractivity contribution in [3.63, 3.8) is 0 Å². The molecule has 0 bridgehead atoms. The predicted octanol–water partition coefficient (Wildman–Crippen LogP) is 1.83. The van der Waals surface area contributed by atoms with Crippen molar-refractivity contribution in [3.8, 4) is 0 Å². The fraction of sp³-hybridized carbons (Fsp3) is 0.643. The minimum Gasteiger partial charge on any atom is -0.377 e. The van der Waals surface area contributed by atoms with Crippen LogP contribution in [0.3, 0.4) is 0 Å². The molecule has 0 aliphatic heterocycles. The minimum absolute atomic E-state index is 0.0314. The lowest BCUT2D eigenvalue weighted by Gasteiger charge is -2.30. The normalized spacial score (nSPS) is 15.1. The highest BCUT2D eigenvalue weighted by Gasteiger charge is 2.21. The maximum absolute atomic E-state index is 6.08. The van der Waals surface area contributed by atoms with Crippen LogP contribution in [0.4, 0.5) is 0 Å². The number of ether oxygens (including phenoxy) is 1. The van der Waals surface area contributed by atoms with Gasteiger partial charge in [-0.05, 0) is 40.0 Å². The van der Waals surface area contributed by atoms with Gasteiger partial charge in [0, 0.05) is 18.8 Å². The average molecular weight is 251 g/mol. The van der Waals surface area contributed by atoms with Gasteiger partial charge in [-0.25, -0.2) is 0 Å². The molecule has 4 heteroatoms. The first-order valence-electron chi connectivity index (χ1n) is 6.50. The SMILES string of the molecule is CC(C)OCCN(C)C(c1ccccn1)C(C)N. The molecule has 0 saturated carbocycles. The largest absolute Gasteiger partial charge is 0.377 e. The second-order valence-electron chi connectivity index (χ2n) is 4.96. The van der Waals surface area contributed by atoms with Crippen molar-refractivity contribution in [2.75, 3.05) is 20.2 Å². The van der Waals surface area contributed by atoms with E-state index in [2.05, 4.69) is 16.9 Å². The van der Waals surface area contributed by atoms with Crippen molar-refractivity contribution >= 4 is 0 Å². The molecule has 2 N–H and O–H groups in total. The van der Waals surface area contributed by atoms with Gasteiger partial charge in [-0.1, -0.05) is 6.07 Å². The number of hydrogen-bond donors (Lipinski definition) is 1. The molecule has 0 saturated heterocycles. The Morgan fingerprint density at radius 1 is 1.33 bits per heavy atom. The molecule has 0 aliphatic rings. The zero-order valence-electron chi connectivity index (χ0n) is 11.8. The van der Waals surface area contributed by atoms with Gasteiger partial charge in [-0.15, -0.1) is 0 Å². The molecular weight excluding hydrogens is 226 g/mol. The van der Waals surface area contributed by atoms with Crippen LogP contribution in [0.25, 0.3) is 0 Å². The molecule has 0 amide bonds. The highest BCUT2D eigenvalue weighted by molar-refractivity contribution is 5.10. The monoisotopic (exact) mass is 251 g/mol. The first-order chi connectivity index (χ1) is 8.52. The molecule has 0 fully saturated rings. The molecular formula is C14H25N3O. The summed E-state index contributed by atoms with van der Waals surface area (Å²) in [5.41, 5.74) is 7.09. The van der Waals surface area contributed by atoms with Gasteiger partial charge in [0.1, 0.15) is 0 Å². The van der Waals surface area contributed by atoms with Crippen molar-refractivity contribution in [2.24, 2.45) is 5.73 Å². The molecule has 0 spiro atoms. The second-order valence-corrected chi connectivity index (χ2v) is 4.96. The maximum atomic E-state index is 6.08. The van der Waals surface area contributed by atoms with Crippen LogP contribution in [0, 0.1) is 0 Å². The fourth-order valence-corrected chi connectivity index (χ4v) is 2.02. The molecule has 102 valence electrons. The number of nitrogens with zero attached hydrogens (tertiary/aromatic N) is 2. The van der Waals surface area contributed by atoms with Crippen molar-refractivity contribution in [1.29, 1.82) is 0 Å². The van der Waals surface area contributed by atoms with Gasteiger partial charge >= 0.3 is 0 Å². The number of rotatable bonds is 7. The van der Waals surface area contributed by atoms with E-state index < -0.39 is 0 Å². The Kier molecular flexibility index (Phi) is 6.25. The lowest BCUT2D eigenvalue weighted by atomic mass is 10.1. The van der Waals surface area contributed by atoms with E-state index in [0.29, 0.717) is 6.61 Å². The Bertz CT molecular complexity index is 327. The Morgan fingerprint density at radius 2 is 2.06 bits per heavy atom. The molecule has 1 heterocycles.